The van der Waals surface area contributed by atoms with Gasteiger partial charge in [0.1, 0.15) is 0 Å². The summed E-state index contributed by atoms with van der Waals surface area (Å²) in [5.74, 6) is -0.659. The smallest absolute Gasteiger partial charge is 1.00 e. The summed E-state index contributed by atoms with van der Waals surface area (Å²) >= 11 is 0. The molecular formula is C13H29NaO5S. The van der Waals surface area contributed by atoms with Gasteiger partial charge in [-0.15, -0.1) is 0 Å². The fraction of sp³-hybridized carbons (Fsp3) is 0.923. The maximum atomic E-state index is 10.2. The Kier molecular flexibility index (Phi) is 22.1. The van der Waals surface area contributed by atoms with Crippen molar-refractivity contribution in [1.29, 1.82) is 0 Å². The normalized spacial score (nSPS) is 10.2. The standard InChI is InChI=1S/C12H24O2.CH4O3S.Na.H/c1-2-3-4-5-6-7-8-9-10-11-12(13)14;1-5(2,3)4;;/h2-11H2,1H3,(H,13,14);1H3,(H,2,3,4);;/q;;+1;-1. The molecule has 0 bridgehead atoms. The Morgan fingerprint density at radius 2 is 1.25 bits per heavy atom. The van der Waals surface area contributed by atoms with Crippen LogP contribution in [0.3, 0.4) is 0 Å². The van der Waals surface area contributed by atoms with Gasteiger partial charge in [-0.2, -0.15) is 8.42 Å². The van der Waals surface area contributed by atoms with Crippen LogP contribution in [-0.4, -0.2) is 30.3 Å². The van der Waals surface area contributed by atoms with Crippen molar-refractivity contribution >= 4 is 16.1 Å². The molecular weight excluding hydrogens is 291 g/mol. The second kappa shape index (κ2) is 17.4. The Labute approximate surface area is 147 Å². The van der Waals surface area contributed by atoms with Crippen molar-refractivity contribution in [2.24, 2.45) is 0 Å². The number of aliphatic carboxylic acids is 1. The van der Waals surface area contributed by atoms with Crippen molar-refractivity contribution in [2.75, 3.05) is 6.26 Å². The fourth-order valence-corrected chi connectivity index (χ4v) is 1.59. The molecule has 0 aromatic rings. The zero-order chi connectivity index (χ0) is 15.1. The minimum absolute atomic E-state index is 0. The zero-order valence-electron chi connectivity index (χ0n) is 14.1. The third kappa shape index (κ3) is 42.9. The molecule has 0 saturated carbocycles. The largest absolute Gasteiger partial charge is 1.00 e. The topological polar surface area (TPSA) is 91.7 Å². The van der Waals surface area contributed by atoms with Crippen molar-refractivity contribution < 1.29 is 53.9 Å². The Morgan fingerprint density at radius 3 is 1.55 bits per heavy atom. The van der Waals surface area contributed by atoms with Gasteiger partial charge in [-0.1, -0.05) is 58.3 Å². The van der Waals surface area contributed by atoms with Gasteiger partial charge < -0.3 is 6.53 Å². The molecule has 0 spiro atoms. The molecule has 0 radical (unpaired) electrons. The second-order valence-electron chi connectivity index (χ2n) is 4.71. The molecule has 0 aliphatic heterocycles. The van der Waals surface area contributed by atoms with Crippen LogP contribution in [0.1, 0.15) is 72.6 Å². The van der Waals surface area contributed by atoms with E-state index in [0.29, 0.717) is 12.7 Å². The fourth-order valence-electron chi connectivity index (χ4n) is 1.59. The number of carboxylic acid groups (broad SMARTS) is 1. The van der Waals surface area contributed by atoms with Crippen LogP contribution in [0.5, 0.6) is 0 Å². The molecule has 20 heavy (non-hydrogen) atoms. The van der Waals surface area contributed by atoms with Crippen LogP contribution < -0.4 is 29.6 Å². The van der Waals surface area contributed by atoms with Gasteiger partial charge >= 0.3 is 35.5 Å². The summed E-state index contributed by atoms with van der Waals surface area (Å²) in [5, 5.41) is 8.41. The van der Waals surface area contributed by atoms with Crippen LogP contribution in [0.4, 0.5) is 0 Å². The molecule has 0 amide bonds. The van der Waals surface area contributed by atoms with Crippen molar-refractivity contribution in [3.63, 3.8) is 0 Å². The van der Waals surface area contributed by atoms with E-state index >= 15 is 0 Å². The maximum Gasteiger partial charge on any atom is 1.00 e. The summed E-state index contributed by atoms with van der Waals surface area (Å²) in [6.45, 7) is 2.23. The van der Waals surface area contributed by atoms with E-state index in [0.717, 1.165) is 12.8 Å². The van der Waals surface area contributed by atoms with Crippen molar-refractivity contribution in [2.45, 2.75) is 71.1 Å². The van der Waals surface area contributed by atoms with Gasteiger partial charge in [-0.05, 0) is 6.42 Å². The van der Waals surface area contributed by atoms with Gasteiger partial charge in [-0.3, -0.25) is 9.35 Å². The molecule has 0 saturated heterocycles. The van der Waals surface area contributed by atoms with Gasteiger partial charge in [0.05, 0.1) is 6.26 Å². The van der Waals surface area contributed by atoms with Crippen LogP contribution in [0, 0.1) is 0 Å². The number of carbonyl (C=O) groups is 1. The Balaban J connectivity index is -0.000000179. The quantitative estimate of drug-likeness (QED) is 0.350. The molecule has 0 atom stereocenters. The zero-order valence-corrected chi connectivity index (χ0v) is 15.9. The van der Waals surface area contributed by atoms with Crippen LogP contribution in [0.2, 0.25) is 0 Å². The van der Waals surface area contributed by atoms with Crippen molar-refractivity contribution in [3.05, 3.63) is 0 Å². The Morgan fingerprint density at radius 1 is 0.950 bits per heavy atom. The molecule has 0 aromatic carbocycles. The minimum Gasteiger partial charge on any atom is -1.00 e. The predicted octanol–water partition coefficient (Wildman–Crippen LogP) is 0.612. The molecule has 0 aromatic heterocycles. The third-order valence-electron chi connectivity index (χ3n) is 2.49. The van der Waals surface area contributed by atoms with Crippen molar-refractivity contribution in [3.8, 4) is 0 Å². The van der Waals surface area contributed by atoms with Crippen LogP contribution in [-0.2, 0) is 14.9 Å². The number of hydrogen-bond acceptors (Lipinski definition) is 3. The Hall–Kier alpha value is 0.380. The van der Waals surface area contributed by atoms with E-state index in [2.05, 4.69) is 6.92 Å². The van der Waals surface area contributed by atoms with E-state index in [1.807, 2.05) is 0 Å². The molecule has 0 aliphatic carbocycles. The van der Waals surface area contributed by atoms with E-state index in [1.165, 1.54) is 44.9 Å². The number of hydrogen-bond donors (Lipinski definition) is 2. The molecule has 0 heterocycles. The van der Waals surface area contributed by atoms with Crippen molar-refractivity contribution in [1.82, 2.24) is 0 Å². The molecule has 0 fully saturated rings. The predicted molar refractivity (Wildman–Crippen MR) is 78.1 cm³/mol. The van der Waals surface area contributed by atoms with E-state index < -0.39 is 16.1 Å². The summed E-state index contributed by atoms with van der Waals surface area (Å²) < 4.78 is 25.9. The number of unbranched alkanes of at least 4 members (excludes halogenated alkanes) is 8. The van der Waals surface area contributed by atoms with Gasteiger partial charge in [0.25, 0.3) is 10.1 Å². The van der Waals surface area contributed by atoms with E-state index in [4.69, 9.17) is 9.66 Å². The third-order valence-corrected chi connectivity index (χ3v) is 2.49. The first-order valence-electron chi connectivity index (χ1n) is 6.91. The maximum absolute atomic E-state index is 10.2. The second-order valence-corrected chi connectivity index (χ2v) is 6.17. The molecule has 118 valence electrons. The summed E-state index contributed by atoms with van der Waals surface area (Å²) in [4.78, 5) is 10.2. The summed E-state index contributed by atoms with van der Waals surface area (Å²) in [6.07, 6.45) is 12.2. The molecule has 0 unspecified atom stereocenters. The monoisotopic (exact) mass is 320 g/mol. The number of rotatable bonds is 10. The average molecular weight is 320 g/mol. The minimum atomic E-state index is -3.67. The Bertz CT molecular complexity index is 302. The first-order valence-corrected chi connectivity index (χ1v) is 8.76. The van der Waals surface area contributed by atoms with E-state index in [1.54, 1.807) is 0 Å². The summed E-state index contributed by atoms with van der Waals surface area (Å²) in [7, 11) is -3.67. The van der Waals surface area contributed by atoms with E-state index in [-0.39, 0.29) is 31.0 Å². The SMILES string of the molecule is CCCCCCCCCCCC(=O)O.CS(=O)(=O)O.[H-].[Na+]. The first-order chi connectivity index (χ1) is 8.77. The van der Waals surface area contributed by atoms with Gasteiger partial charge in [0.2, 0.25) is 0 Å². The average Bonchev–Trinajstić information content (AvgIpc) is 2.24. The van der Waals surface area contributed by atoms with Crippen LogP contribution in [0.25, 0.3) is 0 Å². The van der Waals surface area contributed by atoms with Gasteiger partial charge in [0.15, 0.2) is 0 Å². The van der Waals surface area contributed by atoms with Gasteiger partial charge in [-0.25, -0.2) is 0 Å². The molecule has 0 aliphatic rings. The number of carboxylic acids is 1. The van der Waals surface area contributed by atoms with Crippen LogP contribution in [0.15, 0.2) is 0 Å². The molecule has 5 nitrogen and oxygen atoms in total. The first kappa shape index (κ1) is 25.3. The van der Waals surface area contributed by atoms with Crippen LogP contribution >= 0.6 is 0 Å². The van der Waals surface area contributed by atoms with Gasteiger partial charge in [0, 0.05) is 6.42 Å². The molecule has 2 N–H and O–H groups in total. The molecule has 0 rings (SSSR count). The summed E-state index contributed by atoms with van der Waals surface area (Å²) in [6, 6.07) is 0. The summed E-state index contributed by atoms with van der Waals surface area (Å²) in [5.41, 5.74) is 0. The molecule has 7 heteroatoms. The van der Waals surface area contributed by atoms with E-state index in [9.17, 15) is 13.2 Å².